The molecule has 0 radical (unpaired) electrons. The van der Waals surface area contributed by atoms with Crippen molar-refractivity contribution in [1.82, 2.24) is 14.9 Å². The summed E-state index contributed by atoms with van der Waals surface area (Å²) >= 11 is 0. The van der Waals surface area contributed by atoms with E-state index in [9.17, 15) is 9.59 Å². The molecule has 0 saturated carbocycles. The number of nitrogens with one attached hydrogen (secondary N) is 1. The van der Waals surface area contributed by atoms with Crippen molar-refractivity contribution in [2.75, 3.05) is 6.54 Å². The normalized spacial score (nSPS) is 12.3. The number of aromatic amines is 1. The average molecular weight is 343 g/mol. The van der Waals surface area contributed by atoms with Gasteiger partial charge in [-0.25, -0.2) is 4.98 Å². The van der Waals surface area contributed by atoms with Gasteiger partial charge in [-0.2, -0.15) is 0 Å². The number of hydrogen-bond donors (Lipinski definition) is 1. The van der Waals surface area contributed by atoms with E-state index in [-0.39, 0.29) is 17.5 Å². The third kappa shape index (κ3) is 5.15. The zero-order valence-electron chi connectivity index (χ0n) is 15.5. The molecule has 5 nitrogen and oxygen atoms in total. The molecule has 1 heterocycles. The minimum absolute atomic E-state index is 0.115. The second-order valence-corrected chi connectivity index (χ2v) is 6.58. The van der Waals surface area contributed by atoms with Gasteiger partial charge in [0.05, 0.1) is 10.9 Å². The number of unbranched alkanes of at least 4 members (excludes halogenated alkanes) is 1. The van der Waals surface area contributed by atoms with Crippen molar-refractivity contribution < 1.29 is 4.79 Å². The maximum atomic E-state index is 12.6. The van der Waals surface area contributed by atoms with Crippen LogP contribution < -0.4 is 5.56 Å². The lowest BCUT2D eigenvalue weighted by Crippen LogP contribution is -2.39. The molecule has 1 N–H and O–H groups in total. The van der Waals surface area contributed by atoms with Crippen LogP contribution in [0.2, 0.25) is 0 Å². The van der Waals surface area contributed by atoms with Gasteiger partial charge in [-0.3, -0.25) is 9.59 Å². The Balaban J connectivity index is 1.97. The van der Waals surface area contributed by atoms with Gasteiger partial charge in [-0.05, 0) is 38.3 Å². The standard InChI is InChI=1S/C20H29N3O2/c1-4-6-14-23(15(3)5-2)19(24)13-9-12-18-21-17-11-8-7-10-16(17)20(25)22-18/h7-8,10-11,15H,4-6,9,12-14H2,1-3H3,(H,21,22,25). The van der Waals surface area contributed by atoms with E-state index >= 15 is 0 Å². The van der Waals surface area contributed by atoms with Gasteiger partial charge >= 0.3 is 0 Å². The van der Waals surface area contributed by atoms with E-state index in [4.69, 9.17) is 0 Å². The third-order valence-corrected chi connectivity index (χ3v) is 4.66. The minimum Gasteiger partial charge on any atom is -0.340 e. The summed E-state index contributed by atoms with van der Waals surface area (Å²) in [5.41, 5.74) is 0.591. The lowest BCUT2D eigenvalue weighted by atomic mass is 10.1. The van der Waals surface area contributed by atoms with Gasteiger partial charge < -0.3 is 9.88 Å². The number of amides is 1. The van der Waals surface area contributed by atoms with Crippen LogP contribution in [0.4, 0.5) is 0 Å². The summed E-state index contributed by atoms with van der Waals surface area (Å²) < 4.78 is 0. The fraction of sp³-hybridized carbons (Fsp3) is 0.550. The van der Waals surface area contributed by atoms with Crippen LogP contribution >= 0.6 is 0 Å². The molecule has 0 saturated heterocycles. The zero-order chi connectivity index (χ0) is 18.2. The number of carbonyl (C=O) groups excluding carboxylic acids is 1. The number of H-pyrrole nitrogens is 1. The van der Waals surface area contributed by atoms with Crippen molar-refractivity contribution in [3.8, 4) is 0 Å². The smallest absolute Gasteiger partial charge is 0.258 e. The van der Waals surface area contributed by atoms with Gasteiger partial charge in [0, 0.05) is 25.4 Å². The van der Waals surface area contributed by atoms with Crippen LogP contribution in [0.15, 0.2) is 29.1 Å². The molecule has 5 heteroatoms. The van der Waals surface area contributed by atoms with Crippen molar-refractivity contribution in [3.63, 3.8) is 0 Å². The molecule has 136 valence electrons. The highest BCUT2D eigenvalue weighted by Gasteiger charge is 2.17. The first-order valence-electron chi connectivity index (χ1n) is 9.34. The molecule has 1 unspecified atom stereocenters. The maximum absolute atomic E-state index is 12.6. The molecule has 2 rings (SSSR count). The molecule has 0 spiro atoms. The molecule has 1 aromatic carbocycles. The van der Waals surface area contributed by atoms with Crippen molar-refractivity contribution in [3.05, 3.63) is 40.4 Å². The Morgan fingerprint density at radius 3 is 2.72 bits per heavy atom. The molecule has 0 aliphatic rings. The fourth-order valence-corrected chi connectivity index (χ4v) is 2.94. The SMILES string of the molecule is CCCCN(C(=O)CCCc1nc2ccccc2c(=O)[nH]1)C(C)CC. The number of carbonyl (C=O) groups is 1. The third-order valence-electron chi connectivity index (χ3n) is 4.66. The predicted molar refractivity (Wildman–Crippen MR) is 102 cm³/mol. The Bertz CT molecular complexity index is 754. The van der Waals surface area contributed by atoms with Crippen LogP contribution in [0.5, 0.6) is 0 Å². The van der Waals surface area contributed by atoms with Crippen molar-refractivity contribution >= 4 is 16.8 Å². The van der Waals surface area contributed by atoms with Gasteiger partial charge in [0.25, 0.3) is 5.56 Å². The van der Waals surface area contributed by atoms with E-state index in [1.54, 1.807) is 6.07 Å². The van der Waals surface area contributed by atoms with E-state index in [2.05, 4.69) is 30.7 Å². The average Bonchev–Trinajstić information content (AvgIpc) is 2.62. The fourth-order valence-electron chi connectivity index (χ4n) is 2.94. The highest BCUT2D eigenvalue weighted by molar-refractivity contribution is 5.77. The Kier molecular flexibility index (Phi) is 7.16. The molecule has 25 heavy (non-hydrogen) atoms. The summed E-state index contributed by atoms with van der Waals surface area (Å²) in [6.07, 6.45) is 4.88. The molecule has 2 aromatic rings. The minimum atomic E-state index is -0.115. The van der Waals surface area contributed by atoms with Gasteiger partial charge in [0.2, 0.25) is 5.91 Å². The van der Waals surface area contributed by atoms with E-state index in [1.807, 2.05) is 23.1 Å². The van der Waals surface area contributed by atoms with E-state index in [0.29, 0.717) is 36.0 Å². The number of para-hydroxylation sites is 1. The number of aromatic nitrogens is 2. The first kappa shape index (κ1) is 19.2. The first-order valence-corrected chi connectivity index (χ1v) is 9.34. The molecule has 0 bridgehead atoms. The summed E-state index contributed by atoms with van der Waals surface area (Å²) in [4.78, 5) is 34.0. The van der Waals surface area contributed by atoms with Crippen LogP contribution in [0.1, 0.15) is 58.7 Å². The number of fused-ring (bicyclic) bond motifs is 1. The van der Waals surface area contributed by atoms with E-state index in [1.165, 1.54) is 0 Å². The molecular formula is C20H29N3O2. The number of hydrogen-bond acceptors (Lipinski definition) is 3. The molecule has 1 atom stereocenters. The van der Waals surface area contributed by atoms with Crippen LogP contribution in [-0.4, -0.2) is 33.4 Å². The Morgan fingerprint density at radius 1 is 1.24 bits per heavy atom. The number of nitrogens with zero attached hydrogens (tertiary/aromatic N) is 2. The van der Waals surface area contributed by atoms with E-state index < -0.39 is 0 Å². The van der Waals surface area contributed by atoms with Gasteiger partial charge in [0.15, 0.2) is 0 Å². The second kappa shape index (κ2) is 9.35. The second-order valence-electron chi connectivity index (χ2n) is 6.58. The molecular weight excluding hydrogens is 314 g/mol. The first-order chi connectivity index (χ1) is 12.1. The molecule has 0 fully saturated rings. The van der Waals surface area contributed by atoms with Gasteiger partial charge in [-0.1, -0.05) is 32.4 Å². The lowest BCUT2D eigenvalue weighted by Gasteiger charge is -2.28. The quantitative estimate of drug-likeness (QED) is 0.755. The topological polar surface area (TPSA) is 66.1 Å². The van der Waals surface area contributed by atoms with Crippen LogP contribution in [-0.2, 0) is 11.2 Å². The van der Waals surface area contributed by atoms with Gasteiger partial charge in [-0.15, -0.1) is 0 Å². The number of aryl methyl sites for hydroxylation is 1. The molecule has 0 aliphatic carbocycles. The van der Waals surface area contributed by atoms with Crippen molar-refractivity contribution in [2.45, 2.75) is 65.3 Å². The van der Waals surface area contributed by atoms with Gasteiger partial charge in [0.1, 0.15) is 5.82 Å². The summed E-state index contributed by atoms with van der Waals surface area (Å²) in [6, 6.07) is 7.59. The monoisotopic (exact) mass is 343 g/mol. The highest BCUT2D eigenvalue weighted by Crippen LogP contribution is 2.11. The maximum Gasteiger partial charge on any atom is 0.258 e. The lowest BCUT2D eigenvalue weighted by molar-refractivity contribution is -0.133. The number of benzene rings is 1. The molecule has 1 amide bonds. The summed E-state index contributed by atoms with van der Waals surface area (Å²) in [5, 5.41) is 0.602. The summed E-state index contributed by atoms with van der Waals surface area (Å²) in [5.74, 6) is 0.853. The molecule has 1 aromatic heterocycles. The summed E-state index contributed by atoms with van der Waals surface area (Å²) in [7, 11) is 0. The zero-order valence-corrected chi connectivity index (χ0v) is 15.5. The largest absolute Gasteiger partial charge is 0.340 e. The van der Waals surface area contributed by atoms with Crippen LogP contribution in [0, 0.1) is 0 Å². The number of rotatable bonds is 9. The Morgan fingerprint density at radius 2 is 2.00 bits per heavy atom. The predicted octanol–water partition coefficient (Wildman–Crippen LogP) is 3.67. The highest BCUT2D eigenvalue weighted by atomic mass is 16.2. The Hall–Kier alpha value is -2.17. The van der Waals surface area contributed by atoms with E-state index in [0.717, 1.165) is 25.8 Å². The molecule has 0 aliphatic heterocycles. The van der Waals surface area contributed by atoms with Crippen molar-refractivity contribution in [1.29, 1.82) is 0 Å². The van der Waals surface area contributed by atoms with Crippen LogP contribution in [0.25, 0.3) is 10.9 Å². The van der Waals surface area contributed by atoms with Crippen LogP contribution in [0.3, 0.4) is 0 Å². The van der Waals surface area contributed by atoms with Crippen molar-refractivity contribution in [2.24, 2.45) is 0 Å². The summed E-state index contributed by atoms with van der Waals surface area (Å²) in [6.45, 7) is 7.19. The Labute approximate surface area is 149 Å².